The summed E-state index contributed by atoms with van der Waals surface area (Å²) in [5, 5.41) is 6.90. The fourth-order valence-corrected chi connectivity index (χ4v) is 2.29. The molecule has 0 heterocycles. The van der Waals surface area contributed by atoms with Gasteiger partial charge < -0.3 is 15.4 Å². The number of anilines is 2. The Kier molecular flexibility index (Phi) is 5.95. The lowest BCUT2D eigenvalue weighted by molar-refractivity contribution is 0.342. The fraction of sp³-hybridized carbons (Fsp3) is 0.333. The summed E-state index contributed by atoms with van der Waals surface area (Å²) >= 11 is 0. The van der Waals surface area contributed by atoms with Crippen molar-refractivity contribution >= 4 is 11.4 Å². The van der Waals surface area contributed by atoms with Crippen molar-refractivity contribution in [2.75, 3.05) is 30.3 Å². The number of hydrogen-bond acceptors (Lipinski definition) is 3. The molecule has 0 bridgehead atoms. The van der Waals surface area contributed by atoms with E-state index >= 15 is 0 Å². The van der Waals surface area contributed by atoms with Crippen LogP contribution in [0.4, 0.5) is 11.4 Å². The summed E-state index contributed by atoms with van der Waals surface area (Å²) in [7, 11) is 0. The largest absolute Gasteiger partial charge is 0.492 e. The summed E-state index contributed by atoms with van der Waals surface area (Å²) in [5.74, 6) is 0.911. The maximum absolute atomic E-state index is 5.61. The summed E-state index contributed by atoms with van der Waals surface area (Å²) in [6.45, 7) is 6.58. The third-order valence-electron chi connectivity index (χ3n) is 3.34. The number of nitrogens with one attached hydrogen (secondary N) is 2. The van der Waals surface area contributed by atoms with Gasteiger partial charge in [0.1, 0.15) is 5.75 Å². The van der Waals surface area contributed by atoms with Gasteiger partial charge in [-0.2, -0.15) is 0 Å². The number of hydrogen-bond donors (Lipinski definition) is 2. The van der Waals surface area contributed by atoms with E-state index in [1.54, 1.807) is 0 Å². The van der Waals surface area contributed by atoms with Gasteiger partial charge in [-0.3, -0.25) is 0 Å². The average Bonchev–Trinajstić information content (AvgIpc) is 2.53. The Balaban J connectivity index is 1.85. The molecule has 2 rings (SSSR count). The van der Waals surface area contributed by atoms with Crippen molar-refractivity contribution < 1.29 is 4.74 Å². The van der Waals surface area contributed by atoms with Crippen LogP contribution in [-0.4, -0.2) is 19.7 Å². The van der Waals surface area contributed by atoms with Crippen molar-refractivity contribution in [3.05, 3.63) is 54.1 Å². The van der Waals surface area contributed by atoms with Crippen LogP contribution in [-0.2, 0) is 6.42 Å². The van der Waals surface area contributed by atoms with Gasteiger partial charge in [0, 0.05) is 18.8 Å². The summed E-state index contributed by atoms with van der Waals surface area (Å²) in [6, 6.07) is 16.5. The lowest BCUT2D eigenvalue weighted by atomic mass is 10.1. The number of aryl methyl sites for hydroxylation is 1. The fourth-order valence-electron chi connectivity index (χ4n) is 2.29. The van der Waals surface area contributed by atoms with E-state index in [9.17, 15) is 0 Å². The molecular formula is C18H24N2O. The second-order valence-corrected chi connectivity index (χ2v) is 4.79. The van der Waals surface area contributed by atoms with Crippen molar-refractivity contribution in [1.29, 1.82) is 0 Å². The van der Waals surface area contributed by atoms with Crippen molar-refractivity contribution in [1.82, 2.24) is 0 Å². The Morgan fingerprint density at radius 2 is 1.43 bits per heavy atom. The lowest BCUT2D eigenvalue weighted by Gasteiger charge is -2.14. The Hall–Kier alpha value is -2.16. The summed E-state index contributed by atoms with van der Waals surface area (Å²) in [5.41, 5.74) is 3.62. The number of para-hydroxylation sites is 3. The van der Waals surface area contributed by atoms with Gasteiger partial charge in [0.25, 0.3) is 0 Å². The first-order chi connectivity index (χ1) is 10.3. The molecule has 0 saturated carbocycles. The number of ether oxygens (including phenoxy) is 1. The van der Waals surface area contributed by atoms with Crippen LogP contribution in [0.2, 0.25) is 0 Å². The lowest BCUT2D eigenvalue weighted by Crippen LogP contribution is -2.15. The molecule has 2 N–H and O–H groups in total. The predicted octanol–water partition coefficient (Wildman–Crippen LogP) is 4.17. The highest BCUT2D eigenvalue weighted by Gasteiger charge is 2.01. The van der Waals surface area contributed by atoms with Crippen LogP contribution >= 0.6 is 0 Å². The summed E-state index contributed by atoms with van der Waals surface area (Å²) < 4.78 is 5.61. The highest BCUT2D eigenvalue weighted by Crippen LogP contribution is 2.23. The van der Waals surface area contributed by atoms with E-state index in [1.807, 2.05) is 31.2 Å². The zero-order valence-electron chi connectivity index (χ0n) is 12.9. The van der Waals surface area contributed by atoms with Crippen molar-refractivity contribution in [3.8, 4) is 5.75 Å². The molecular weight excluding hydrogens is 260 g/mol. The van der Waals surface area contributed by atoms with Crippen LogP contribution in [0, 0.1) is 0 Å². The molecule has 21 heavy (non-hydrogen) atoms. The van der Waals surface area contributed by atoms with Crippen molar-refractivity contribution in [3.63, 3.8) is 0 Å². The van der Waals surface area contributed by atoms with E-state index < -0.39 is 0 Å². The summed E-state index contributed by atoms with van der Waals surface area (Å²) in [4.78, 5) is 0. The first-order valence-corrected chi connectivity index (χ1v) is 7.62. The van der Waals surface area contributed by atoms with Gasteiger partial charge in [-0.15, -0.1) is 0 Å². The minimum absolute atomic E-state index is 0.681. The van der Waals surface area contributed by atoms with Crippen LogP contribution in [0.25, 0.3) is 0 Å². The Morgan fingerprint density at radius 1 is 0.810 bits per heavy atom. The van der Waals surface area contributed by atoms with Crippen LogP contribution in [0.3, 0.4) is 0 Å². The molecule has 0 atom stereocenters. The molecule has 0 saturated heterocycles. The van der Waals surface area contributed by atoms with Gasteiger partial charge in [0.2, 0.25) is 0 Å². The molecule has 0 unspecified atom stereocenters. The normalized spacial score (nSPS) is 10.2. The minimum Gasteiger partial charge on any atom is -0.492 e. The second kappa shape index (κ2) is 8.20. The molecule has 2 aromatic rings. The van der Waals surface area contributed by atoms with E-state index in [-0.39, 0.29) is 0 Å². The molecule has 3 heteroatoms. The van der Waals surface area contributed by atoms with Crippen LogP contribution in [0.1, 0.15) is 19.4 Å². The molecule has 112 valence electrons. The molecule has 0 amide bonds. The molecule has 0 aliphatic rings. The molecule has 0 spiro atoms. The molecule has 0 aliphatic carbocycles. The topological polar surface area (TPSA) is 33.3 Å². The van der Waals surface area contributed by atoms with Crippen LogP contribution < -0.4 is 15.4 Å². The van der Waals surface area contributed by atoms with Gasteiger partial charge in [0.05, 0.1) is 12.3 Å². The third-order valence-corrected chi connectivity index (χ3v) is 3.34. The quantitative estimate of drug-likeness (QED) is 0.714. The van der Waals surface area contributed by atoms with Crippen LogP contribution in [0.5, 0.6) is 5.75 Å². The first-order valence-electron chi connectivity index (χ1n) is 7.62. The maximum Gasteiger partial charge on any atom is 0.142 e. The van der Waals surface area contributed by atoms with E-state index in [0.717, 1.165) is 30.9 Å². The molecule has 2 aromatic carbocycles. The second-order valence-electron chi connectivity index (χ2n) is 4.79. The molecule has 0 radical (unpaired) electrons. The predicted molar refractivity (Wildman–Crippen MR) is 90.4 cm³/mol. The minimum atomic E-state index is 0.681. The van der Waals surface area contributed by atoms with Crippen molar-refractivity contribution in [2.24, 2.45) is 0 Å². The van der Waals surface area contributed by atoms with Gasteiger partial charge in [-0.25, -0.2) is 0 Å². The Labute approximate surface area is 127 Å². The SMILES string of the molecule is CCOc1ccccc1NCCNc1ccccc1CC. The van der Waals surface area contributed by atoms with Gasteiger partial charge in [0.15, 0.2) is 0 Å². The van der Waals surface area contributed by atoms with Gasteiger partial charge in [-0.05, 0) is 37.1 Å². The van der Waals surface area contributed by atoms with E-state index in [1.165, 1.54) is 11.3 Å². The first kappa shape index (κ1) is 15.2. The zero-order chi connectivity index (χ0) is 14.9. The maximum atomic E-state index is 5.61. The van der Waals surface area contributed by atoms with Gasteiger partial charge >= 0.3 is 0 Å². The number of rotatable bonds is 8. The van der Waals surface area contributed by atoms with E-state index in [0.29, 0.717) is 6.61 Å². The van der Waals surface area contributed by atoms with Crippen LogP contribution in [0.15, 0.2) is 48.5 Å². The van der Waals surface area contributed by atoms with E-state index in [2.05, 4.69) is 41.8 Å². The zero-order valence-corrected chi connectivity index (χ0v) is 12.9. The average molecular weight is 284 g/mol. The Morgan fingerprint density at radius 3 is 2.14 bits per heavy atom. The monoisotopic (exact) mass is 284 g/mol. The highest BCUT2D eigenvalue weighted by atomic mass is 16.5. The highest BCUT2D eigenvalue weighted by molar-refractivity contribution is 5.56. The summed E-state index contributed by atoms with van der Waals surface area (Å²) in [6.07, 6.45) is 1.05. The van der Waals surface area contributed by atoms with Crippen molar-refractivity contribution in [2.45, 2.75) is 20.3 Å². The third kappa shape index (κ3) is 4.42. The molecule has 3 nitrogen and oxygen atoms in total. The standard InChI is InChI=1S/C18H24N2O/c1-3-15-9-5-6-10-16(15)19-13-14-20-17-11-7-8-12-18(17)21-4-2/h5-12,19-20H,3-4,13-14H2,1-2H3. The van der Waals surface area contributed by atoms with Gasteiger partial charge in [-0.1, -0.05) is 37.3 Å². The molecule has 0 fully saturated rings. The Bertz CT molecular complexity index is 554. The molecule has 0 aromatic heterocycles. The van der Waals surface area contributed by atoms with E-state index in [4.69, 9.17) is 4.74 Å². The number of benzene rings is 2. The smallest absolute Gasteiger partial charge is 0.142 e. The molecule has 0 aliphatic heterocycles.